The third-order valence-corrected chi connectivity index (χ3v) is 7.96. The van der Waals surface area contributed by atoms with Crippen molar-refractivity contribution in [3.05, 3.63) is 108 Å². The Hall–Kier alpha value is -4.57. The molecule has 0 amide bonds. The fourth-order valence-electron chi connectivity index (χ4n) is 6.42. The monoisotopic (exact) mass is 446 g/mol. The summed E-state index contributed by atoms with van der Waals surface area (Å²) in [7, 11) is 0. The lowest BCUT2D eigenvalue weighted by Gasteiger charge is -2.08. The van der Waals surface area contributed by atoms with Gasteiger partial charge in [0.05, 0.1) is 16.6 Å². The lowest BCUT2D eigenvalue weighted by Crippen LogP contribution is -1.93. The van der Waals surface area contributed by atoms with Crippen molar-refractivity contribution >= 4 is 38.4 Å². The van der Waals surface area contributed by atoms with Gasteiger partial charge in [-0.05, 0) is 99.1 Å². The molecule has 4 aromatic heterocycles. The number of nitrogens with zero attached hydrogens (tertiary/aromatic N) is 4. The Balaban J connectivity index is 1.33. The molecule has 3 aromatic carbocycles. The van der Waals surface area contributed by atoms with Gasteiger partial charge in [-0.2, -0.15) is 0 Å². The van der Waals surface area contributed by atoms with Crippen molar-refractivity contribution in [3.63, 3.8) is 0 Å². The van der Waals surface area contributed by atoms with Gasteiger partial charge in [0.2, 0.25) is 0 Å². The van der Waals surface area contributed by atoms with Crippen molar-refractivity contribution in [2.45, 2.75) is 12.8 Å². The van der Waals surface area contributed by atoms with E-state index in [0.717, 1.165) is 51.2 Å². The first-order valence-corrected chi connectivity index (χ1v) is 12.0. The Bertz CT molecular complexity index is 2070. The summed E-state index contributed by atoms with van der Waals surface area (Å²) < 4.78 is 2.29. The maximum atomic E-state index is 5.15. The van der Waals surface area contributed by atoms with Crippen LogP contribution in [0.1, 0.15) is 22.3 Å². The highest BCUT2D eigenvalue weighted by atomic mass is 15.0. The molecule has 0 radical (unpaired) electrons. The van der Waals surface area contributed by atoms with Crippen LogP contribution in [0, 0.1) is 0 Å². The first-order chi connectivity index (χ1) is 17.3. The molecule has 2 aliphatic carbocycles. The van der Waals surface area contributed by atoms with Gasteiger partial charge in [0.15, 0.2) is 0 Å². The molecule has 4 nitrogen and oxygen atoms in total. The quantitative estimate of drug-likeness (QED) is 0.243. The van der Waals surface area contributed by atoms with Gasteiger partial charge in [-0.1, -0.05) is 24.3 Å². The summed E-state index contributed by atoms with van der Waals surface area (Å²) in [6.45, 7) is 0. The highest BCUT2D eigenvalue weighted by Crippen LogP contribution is 2.46. The summed E-state index contributed by atoms with van der Waals surface area (Å²) in [5.41, 5.74) is 15.4. The maximum absolute atomic E-state index is 5.15. The number of benzene rings is 3. The number of fused-ring (bicyclic) bond motifs is 14. The number of rotatable bonds is 0. The molecule has 0 N–H and O–H groups in total. The molecule has 4 heteroatoms. The van der Waals surface area contributed by atoms with Gasteiger partial charge in [-0.25, -0.2) is 4.98 Å². The van der Waals surface area contributed by atoms with E-state index in [1.54, 1.807) is 0 Å². The highest BCUT2D eigenvalue weighted by Gasteiger charge is 2.26. The SMILES string of the molecule is c1ccc2c(c1)Cc1cc3c(cc1-2)Cc1cc2c(cc1-3)nc1c3cnccc3c3cnccc3n21. The average Bonchev–Trinajstić information content (AvgIpc) is 3.57. The molecule has 162 valence electrons. The zero-order valence-electron chi connectivity index (χ0n) is 18.8. The Morgan fingerprint density at radius 2 is 1.29 bits per heavy atom. The molecule has 0 fully saturated rings. The normalized spacial score (nSPS) is 13.5. The minimum absolute atomic E-state index is 0.954. The largest absolute Gasteiger partial charge is 0.292 e. The number of pyridine rings is 3. The first kappa shape index (κ1) is 17.8. The Morgan fingerprint density at radius 1 is 0.571 bits per heavy atom. The summed E-state index contributed by atoms with van der Waals surface area (Å²) in [5.74, 6) is 0. The van der Waals surface area contributed by atoms with E-state index in [1.165, 1.54) is 44.5 Å². The second kappa shape index (κ2) is 6.10. The number of aromatic nitrogens is 4. The zero-order valence-corrected chi connectivity index (χ0v) is 18.8. The van der Waals surface area contributed by atoms with Gasteiger partial charge in [-0.3, -0.25) is 14.4 Å². The van der Waals surface area contributed by atoms with E-state index < -0.39 is 0 Å². The van der Waals surface area contributed by atoms with Crippen molar-refractivity contribution in [1.29, 1.82) is 0 Å². The van der Waals surface area contributed by atoms with Gasteiger partial charge in [0.1, 0.15) is 5.65 Å². The van der Waals surface area contributed by atoms with Crippen LogP contribution in [-0.2, 0) is 12.8 Å². The molecule has 0 saturated carbocycles. The summed E-state index contributed by atoms with van der Waals surface area (Å²) in [5, 5.41) is 3.31. The zero-order chi connectivity index (χ0) is 22.7. The summed E-state index contributed by atoms with van der Waals surface area (Å²) in [6, 6.07) is 22.5. The predicted molar refractivity (Wildman–Crippen MR) is 140 cm³/mol. The molecule has 0 saturated heterocycles. The highest BCUT2D eigenvalue weighted by molar-refractivity contribution is 6.13. The Morgan fingerprint density at radius 3 is 2.20 bits per heavy atom. The topological polar surface area (TPSA) is 43.1 Å². The molecule has 4 heterocycles. The van der Waals surface area contributed by atoms with Crippen LogP contribution in [0.5, 0.6) is 0 Å². The summed E-state index contributed by atoms with van der Waals surface area (Å²) in [6.07, 6.45) is 9.56. The lowest BCUT2D eigenvalue weighted by molar-refractivity contribution is 1.24. The van der Waals surface area contributed by atoms with Crippen LogP contribution in [0.25, 0.3) is 60.6 Å². The second-order valence-corrected chi connectivity index (χ2v) is 9.76. The van der Waals surface area contributed by atoms with Crippen LogP contribution in [0.15, 0.2) is 85.5 Å². The Labute approximate surface area is 200 Å². The molecule has 0 unspecified atom stereocenters. The summed E-state index contributed by atoms with van der Waals surface area (Å²) >= 11 is 0. The first-order valence-electron chi connectivity index (χ1n) is 12.0. The van der Waals surface area contributed by atoms with E-state index in [9.17, 15) is 0 Å². The molecule has 0 atom stereocenters. The van der Waals surface area contributed by atoms with E-state index >= 15 is 0 Å². The lowest BCUT2D eigenvalue weighted by atomic mass is 9.98. The minimum atomic E-state index is 0.954. The molecule has 0 spiro atoms. The van der Waals surface area contributed by atoms with Crippen LogP contribution in [-0.4, -0.2) is 19.4 Å². The van der Waals surface area contributed by atoms with Crippen molar-refractivity contribution in [2.24, 2.45) is 0 Å². The van der Waals surface area contributed by atoms with Gasteiger partial charge in [-0.15, -0.1) is 0 Å². The third-order valence-electron chi connectivity index (χ3n) is 7.96. The van der Waals surface area contributed by atoms with Crippen LogP contribution in [0.3, 0.4) is 0 Å². The van der Waals surface area contributed by atoms with Crippen molar-refractivity contribution in [3.8, 4) is 22.3 Å². The molecular formula is C31H18N4. The minimum Gasteiger partial charge on any atom is -0.292 e. The summed E-state index contributed by atoms with van der Waals surface area (Å²) in [4.78, 5) is 14.0. The standard InChI is InChI=1S/C31H18N4/c1-2-4-21-17(3-1)9-18-12-24-19(11-23(18)21)10-20-13-30-28(14-25(20)24)34-31-27-16-32-7-5-22(27)26-15-33-8-6-29(26)35(30)31/h1-8,11-16H,9-10H2. The molecule has 9 rings (SSSR count). The third kappa shape index (κ3) is 2.20. The van der Waals surface area contributed by atoms with Crippen molar-refractivity contribution < 1.29 is 0 Å². The van der Waals surface area contributed by atoms with Gasteiger partial charge < -0.3 is 0 Å². The number of imidazole rings is 1. The van der Waals surface area contributed by atoms with Crippen LogP contribution in [0.2, 0.25) is 0 Å². The van der Waals surface area contributed by atoms with Crippen LogP contribution >= 0.6 is 0 Å². The van der Waals surface area contributed by atoms with Crippen LogP contribution in [0.4, 0.5) is 0 Å². The average molecular weight is 447 g/mol. The van der Waals surface area contributed by atoms with Crippen LogP contribution < -0.4 is 0 Å². The fraction of sp³-hybridized carbons (Fsp3) is 0.0645. The number of hydrogen-bond acceptors (Lipinski definition) is 3. The smallest absolute Gasteiger partial charge is 0.147 e. The molecule has 0 aliphatic heterocycles. The van der Waals surface area contributed by atoms with E-state index in [4.69, 9.17) is 4.98 Å². The molecule has 2 aliphatic rings. The van der Waals surface area contributed by atoms with Crippen molar-refractivity contribution in [2.75, 3.05) is 0 Å². The van der Waals surface area contributed by atoms with Gasteiger partial charge in [0.25, 0.3) is 0 Å². The second-order valence-electron chi connectivity index (χ2n) is 9.76. The predicted octanol–water partition coefficient (Wildman–Crippen LogP) is 6.73. The molecular weight excluding hydrogens is 428 g/mol. The maximum Gasteiger partial charge on any atom is 0.147 e. The molecule has 0 bridgehead atoms. The van der Waals surface area contributed by atoms with Crippen molar-refractivity contribution in [1.82, 2.24) is 19.4 Å². The molecule has 35 heavy (non-hydrogen) atoms. The van der Waals surface area contributed by atoms with Gasteiger partial charge >= 0.3 is 0 Å². The van der Waals surface area contributed by atoms with E-state index in [1.807, 2.05) is 24.8 Å². The van der Waals surface area contributed by atoms with E-state index in [-0.39, 0.29) is 0 Å². The van der Waals surface area contributed by atoms with E-state index in [2.05, 4.69) is 75.0 Å². The number of hydrogen-bond donors (Lipinski definition) is 0. The Kier molecular flexibility index (Phi) is 3.11. The van der Waals surface area contributed by atoms with E-state index in [0.29, 0.717) is 0 Å². The molecule has 7 aromatic rings. The van der Waals surface area contributed by atoms with Gasteiger partial charge in [0, 0.05) is 35.6 Å². The fourth-order valence-corrected chi connectivity index (χ4v) is 6.42.